The highest BCUT2D eigenvalue weighted by Gasteiger charge is 2.24. The minimum Gasteiger partial charge on any atom is -0.454 e. The van der Waals surface area contributed by atoms with Gasteiger partial charge in [0.2, 0.25) is 6.79 Å². The maximum Gasteiger partial charge on any atom is 0.263 e. The molecular weight excluding hydrogens is 330 g/mol. The van der Waals surface area contributed by atoms with Crippen molar-refractivity contribution in [3.63, 3.8) is 0 Å². The number of nitrogens with zero attached hydrogens (tertiary/aromatic N) is 1. The second-order valence-electron chi connectivity index (χ2n) is 8.31. The highest BCUT2D eigenvalue weighted by Crippen LogP contribution is 2.32. The maximum absolute atomic E-state index is 12.3. The summed E-state index contributed by atoms with van der Waals surface area (Å²) in [5.41, 5.74) is 0.838. The van der Waals surface area contributed by atoms with E-state index in [1.165, 1.54) is 6.20 Å². The molecule has 6 heteroatoms. The van der Waals surface area contributed by atoms with Gasteiger partial charge in [0.1, 0.15) is 11.6 Å². The molecule has 1 aliphatic heterocycles. The normalized spacial score (nSPS) is 13.9. The molecule has 0 unspecified atom stereocenters. The molecule has 0 saturated carbocycles. The van der Waals surface area contributed by atoms with Gasteiger partial charge < -0.3 is 20.1 Å². The standard InChI is InChI=1S/C20H27N3O3/c1-19(2,3)12-20(4,5)23-11-15(9-21)18(24)22-10-14-6-7-16-17(8-14)26-13-25-16/h6-8,11,23H,10,12-13H2,1-5H3,(H,22,24)/b15-11-. The van der Waals surface area contributed by atoms with E-state index >= 15 is 0 Å². The van der Waals surface area contributed by atoms with Gasteiger partial charge in [0, 0.05) is 18.3 Å². The first kappa shape index (κ1) is 19.6. The van der Waals surface area contributed by atoms with Gasteiger partial charge in [0.25, 0.3) is 5.91 Å². The molecule has 2 N–H and O–H groups in total. The molecular formula is C20H27N3O3. The lowest BCUT2D eigenvalue weighted by molar-refractivity contribution is -0.117. The largest absolute Gasteiger partial charge is 0.454 e. The Balaban J connectivity index is 1.95. The zero-order valence-electron chi connectivity index (χ0n) is 16.1. The summed E-state index contributed by atoms with van der Waals surface area (Å²) in [6.07, 6.45) is 2.40. The van der Waals surface area contributed by atoms with E-state index in [1.54, 1.807) is 6.07 Å². The Kier molecular flexibility index (Phi) is 5.81. The molecule has 0 spiro atoms. The van der Waals surface area contributed by atoms with Gasteiger partial charge in [-0.05, 0) is 43.4 Å². The lowest BCUT2D eigenvalue weighted by Gasteiger charge is -2.33. The van der Waals surface area contributed by atoms with Gasteiger partial charge in [-0.25, -0.2) is 0 Å². The predicted molar refractivity (Wildman–Crippen MR) is 99.4 cm³/mol. The lowest BCUT2D eigenvalue weighted by atomic mass is 9.82. The first-order valence-electron chi connectivity index (χ1n) is 8.64. The summed E-state index contributed by atoms with van der Waals surface area (Å²) in [6, 6.07) is 7.44. The average Bonchev–Trinajstić information content (AvgIpc) is 2.98. The number of ether oxygens (including phenoxy) is 2. The van der Waals surface area contributed by atoms with Crippen LogP contribution in [0.3, 0.4) is 0 Å². The van der Waals surface area contributed by atoms with Crippen LogP contribution in [0.25, 0.3) is 0 Å². The summed E-state index contributed by atoms with van der Waals surface area (Å²) in [7, 11) is 0. The molecule has 0 atom stereocenters. The van der Waals surface area contributed by atoms with Gasteiger partial charge in [-0.1, -0.05) is 26.8 Å². The van der Waals surface area contributed by atoms with Gasteiger partial charge in [0.15, 0.2) is 11.5 Å². The molecule has 1 amide bonds. The molecule has 0 bridgehead atoms. The first-order chi connectivity index (χ1) is 12.1. The van der Waals surface area contributed by atoms with E-state index in [0.717, 1.165) is 12.0 Å². The van der Waals surface area contributed by atoms with Crippen LogP contribution in [0.4, 0.5) is 0 Å². The van der Waals surface area contributed by atoms with Gasteiger partial charge in [-0.3, -0.25) is 4.79 Å². The summed E-state index contributed by atoms with van der Waals surface area (Å²) in [6.45, 7) is 11.1. The Morgan fingerprint density at radius 3 is 2.58 bits per heavy atom. The van der Waals surface area contributed by atoms with Gasteiger partial charge in [0.05, 0.1) is 0 Å². The number of nitrogens with one attached hydrogen (secondary N) is 2. The highest BCUT2D eigenvalue weighted by atomic mass is 16.7. The molecule has 0 radical (unpaired) electrons. The third-order valence-electron chi connectivity index (χ3n) is 3.83. The fourth-order valence-electron chi connectivity index (χ4n) is 3.12. The Hall–Kier alpha value is -2.68. The maximum atomic E-state index is 12.3. The Morgan fingerprint density at radius 2 is 1.92 bits per heavy atom. The van der Waals surface area contributed by atoms with Crippen LogP contribution in [0.15, 0.2) is 30.0 Å². The summed E-state index contributed by atoms with van der Waals surface area (Å²) >= 11 is 0. The van der Waals surface area contributed by atoms with E-state index in [9.17, 15) is 10.1 Å². The molecule has 26 heavy (non-hydrogen) atoms. The molecule has 1 heterocycles. The number of nitriles is 1. The Labute approximate surface area is 155 Å². The van der Waals surface area contributed by atoms with E-state index in [4.69, 9.17) is 9.47 Å². The number of hydrogen-bond donors (Lipinski definition) is 2. The van der Waals surface area contributed by atoms with Crippen molar-refractivity contribution in [3.8, 4) is 17.6 Å². The molecule has 0 aromatic heterocycles. The fraction of sp³-hybridized carbons (Fsp3) is 0.500. The van der Waals surface area contributed by atoms with Crippen LogP contribution in [0.2, 0.25) is 0 Å². The van der Waals surface area contributed by atoms with Crippen LogP contribution in [0.1, 0.15) is 46.6 Å². The first-order valence-corrected chi connectivity index (χ1v) is 8.64. The van der Waals surface area contributed by atoms with Gasteiger partial charge in [-0.15, -0.1) is 0 Å². The number of rotatable bonds is 6. The number of carbonyl (C=O) groups excluding carboxylic acids is 1. The second kappa shape index (κ2) is 7.69. The van der Waals surface area contributed by atoms with E-state index in [-0.39, 0.29) is 23.3 Å². The van der Waals surface area contributed by atoms with Crippen LogP contribution < -0.4 is 20.1 Å². The molecule has 0 saturated heterocycles. The van der Waals surface area contributed by atoms with Gasteiger partial charge >= 0.3 is 0 Å². The Morgan fingerprint density at radius 1 is 1.23 bits per heavy atom. The van der Waals surface area contributed by atoms with Crippen molar-refractivity contribution in [2.45, 2.75) is 53.1 Å². The highest BCUT2D eigenvalue weighted by molar-refractivity contribution is 5.97. The molecule has 1 aliphatic rings. The van der Waals surface area contributed by atoms with Crippen LogP contribution in [0, 0.1) is 16.7 Å². The summed E-state index contributed by atoms with van der Waals surface area (Å²) in [5.74, 6) is 0.950. The van der Waals surface area contributed by atoms with E-state index < -0.39 is 5.91 Å². The van der Waals surface area contributed by atoms with Crippen molar-refractivity contribution in [2.75, 3.05) is 6.79 Å². The fourth-order valence-corrected chi connectivity index (χ4v) is 3.12. The third kappa shape index (κ3) is 5.69. The van der Waals surface area contributed by atoms with Crippen molar-refractivity contribution in [2.24, 2.45) is 5.41 Å². The minimum atomic E-state index is -0.413. The van der Waals surface area contributed by atoms with Crippen molar-refractivity contribution in [1.82, 2.24) is 10.6 Å². The molecule has 0 fully saturated rings. The average molecular weight is 357 g/mol. The van der Waals surface area contributed by atoms with E-state index in [0.29, 0.717) is 18.0 Å². The molecule has 0 aliphatic carbocycles. The summed E-state index contributed by atoms with van der Waals surface area (Å²) < 4.78 is 10.6. The second-order valence-corrected chi connectivity index (χ2v) is 8.31. The van der Waals surface area contributed by atoms with E-state index in [1.807, 2.05) is 32.0 Å². The van der Waals surface area contributed by atoms with Crippen LogP contribution in [0.5, 0.6) is 11.5 Å². The van der Waals surface area contributed by atoms with Crippen molar-refractivity contribution >= 4 is 5.91 Å². The quantitative estimate of drug-likeness (QED) is 0.603. The van der Waals surface area contributed by atoms with Crippen LogP contribution >= 0.6 is 0 Å². The smallest absolute Gasteiger partial charge is 0.263 e. The zero-order valence-corrected chi connectivity index (χ0v) is 16.1. The monoisotopic (exact) mass is 357 g/mol. The molecule has 1 aromatic carbocycles. The lowest BCUT2D eigenvalue weighted by Crippen LogP contribution is -2.40. The SMILES string of the molecule is CC(C)(C)CC(C)(C)N/C=C(/C#N)C(=O)NCc1ccc2c(c1)OCO2. The van der Waals surface area contributed by atoms with Crippen molar-refractivity contribution < 1.29 is 14.3 Å². The molecule has 2 rings (SSSR count). The third-order valence-corrected chi connectivity index (χ3v) is 3.83. The molecule has 6 nitrogen and oxygen atoms in total. The number of benzene rings is 1. The summed E-state index contributed by atoms with van der Waals surface area (Å²) in [4.78, 5) is 12.3. The van der Waals surface area contributed by atoms with Gasteiger partial charge in [-0.2, -0.15) is 5.26 Å². The topological polar surface area (TPSA) is 83.4 Å². The number of fused-ring (bicyclic) bond motifs is 1. The molecule has 140 valence electrons. The summed E-state index contributed by atoms with van der Waals surface area (Å²) in [5, 5.41) is 15.3. The van der Waals surface area contributed by atoms with Crippen molar-refractivity contribution in [3.05, 3.63) is 35.5 Å². The van der Waals surface area contributed by atoms with Crippen LogP contribution in [-0.4, -0.2) is 18.2 Å². The van der Waals surface area contributed by atoms with Crippen molar-refractivity contribution in [1.29, 1.82) is 5.26 Å². The number of carbonyl (C=O) groups is 1. The van der Waals surface area contributed by atoms with E-state index in [2.05, 4.69) is 31.4 Å². The predicted octanol–water partition coefficient (Wildman–Crippen LogP) is 3.24. The number of amides is 1. The van der Waals surface area contributed by atoms with Crippen LogP contribution in [-0.2, 0) is 11.3 Å². The minimum absolute atomic E-state index is 0.0488. The Bertz CT molecular complexity index is 740. The zero-order chi connectivity index (χ0) is 19.4. The number of hydrogen-bond acceptors (Lipinski definition) is 5. The molecule has 1 aromatic rings.